The van der Waals surface area contributed by atoms with Crippen LogP contribution in [0.15, 0.2) is 35.7 Å². The number of methoxy groups -OCH3 is 1. The number of anilines is 1. The Morgan fingerprint density at radius 1 is 1.33 bits per heavy atom. The molecule has 1 aromatic heterocycles. The summed E-state index contributed by atoms with van der Waals surface area (Å²) in [6.07, 6.45) is 1.14. The molecule has 0 bridgehead atoms. The number of fused-ring (bicyclic) bond motifs is 1. The van der Waals surface area contributed by atoms with Gasteiger partial charge in [-0.1, -0.05) is 6.07 Å². The second kappa shape index (κ2) is 6.45. The SMILES string of the molecule is COc1cccc(NC(=O)N2CC(N3CCc4sccc4C3)C2)c1. The first-order chi connectivity index (χ1) is 11.7. The zero-order chi connectivity index (χ0) is 16.5. The zero-order valence-corrected chi connectivity index (χ0v) is 14.5. The smallest absolute Gasteiger partial charge is 0.321 e. The summed E-state index contributed by atoms with van der Waals surface area (Å²) < 4.78 is 5.18. The lowest BCUT2D eigenvalue weighted by atomic mass is 10.0. The minimum Gasteiger partial charge on any atom is -0.497 e. The summed E-state index contributed by atoms with van der Waals surface area (Å²) in [6.45, 7) is 3.73. The maximum absolute atomic E-state index is 12.3. The molecule has 0 aliphatic carbocycles. The van der Waals surface area contributed by atoms with E-state index in [2.05, 4.69) is 21.7 Å². The van der Waals surface area contributed by atoms with Crippen LogP contribution in [0.5, 0.6) is 5.75 Å². The quantitative estimate of drug-likeness (QED) is 0.932. The highest BCUT2D eigenvalue weighted by Gasteiger charge is 2.36. The van der Waals surface area contributed by atoms with E-state index in [0.717, 1.165) is 44.0 Å². The number of benzene rings is 1. The second-order valence-electron chi connectivity index (χ2n) is 6.31. The number of amides is 2. The van der Waals surface area contributed by atoms with Crippen molar-refractivity contribution in [2.45, 2.75) is 19.0 Å². The lowest BCUT2D eigenvalue weighted by Crippen LogP contribution is -2.62. The highest BCUT2D eigenvalue weighted by atomic mass is 32.1. The molecule has 2 aliphatic heterocycles. The Kier molecular flexibility index (Phi) is 4.16. The number of urea groups is 1. The molecular formula is C18H21N3O2S. The van der Waals surface area contributed by atoms with E-state index in [4.69, 9.17) is 4.74 Å². The Labute approximate surface area is 145 Å². The largest absolute Gasteiger partial charge is 0.497 e. The van der Waals surface area contributed by atoms with Crippen LogP contribution in [0.2, 0.25) is 0 Å². The molecule has 0 unspecified atom stereocenters. The van der Waals surface area contributed by atoms with Crippen molar-refractivity contribution in [1.82, 2.24) is 9.80 Å². The molecule has 0 radical (unpaired) electrons. The topological polar surface area (TPSA) is 44.8 Å². The van der Waals surface area contributed by atoms with Crippen LogP contribution in [0.25, 0.3) is 0 Å². The Hall–Kier alpha value is -2.05. The lowest BCUT2D eigenvalue weighted by Gasteiger charge is -2.46. The Bertz CT molecular complexity index is 739. The van der Waals surface area contributed by atoms with E-state index in [1.807, 2.05) is 40.5 Å². The number of ether oxygens (including phenoxy) is 1. The van der Waals surface area contributed by atoms with Crippen molar-refractivity contribution in [1.29, 1.82) is 0 Å². The zero-order valence-electron chi connectivity index (χ0n) is 13.7. The molecule has 0 saturated carbocycles. The van der Waals surface area contributed by atoms with Crippen LogP contribution >= 0.6 is 11.3 Å². The molecule has 1 aromatic carbocycles. The average Bonchev–Trinajstić information content (AvgIpc) is 3.01. The molecule has 2 aromatic rings. The van der Waals surface area contributed by atoms with Crippen LogP contribution in [-0.2, 0) is 13.0 Å². The van der Waals surface area contributed by atoms with E-state index in [-0.39, 0.29) is 6.03 Å². The molecule has 6 heteroatoms. The molecule has 1 saturated heterocycles. The third-order valence-corrected chi connectivity index (χ3v) is 5.85. The van der Waals surface area contributed by atoms with Crippen molar-refractivity contribution in [3.8, 4) is 5.75 Å². The monoisotopic (exact) mass is 343 g/mol. The molecule has 3 heterocycles. The Morgan fingerprint density at radius 2 is 2.21 bits per heavy atom. The summed E-state index contributed by atoms with van der Waals surface area (Å²) in [5.74, 6) is 0.745. The van der Waals surface area contributed by atoms with E-state index >= 15 is 0 Å². The first-order valence-corrected chi connectivity index (χ1v) is 9.10. The van der Waals surface area contributed by atoms with E-state index in [0.29, 0.717) is 6.04 Å². The number of nitrogens with zero attached hydrogens (tertiary/aromatic N) is 2. The lowest BCUT2D eigenvalue weighted by molar-refractivity contribution is 0.0533. The highest BCUT2D eigenvalue weighted by molar-refractivity contribution is 7.10. The van der Waals surface area contributed by atoms with Gasteiger partial charge in [0.1, 0.15) is 5.75 Å². The predicted octanol–water partition coefficient (Wildman–Crippen LogP) is 3.03. The van der Waals surface area contributed by atoms with Gasteiger partial charge in [0.2, 0.25) is 0 Å². The summed E-state index contributed by atoms with van der Waals surface area (Å²) in [4.78, 5) is 18.2. The van der Waals surface area contributed by atoms with Gasteiger partial charge < -0.3 is 15.0 Å². The van der Waals surface area contributed by atoms with Crippen molar-refractivity contribution >= 4 is 23.1 Å². The first-order valence-electron chi connectivity index (χ1n) is 8.22. The van der Waals surface area contributed by atoms with E-state index in [9.17, 15) is 4.79 Å². The summed E-state index contributed by atoms with van der Waals surface area (Å²) in [7, 11) is 1.62. The van der Waals surface area contributed by atoms with Gasteiger partial charge in [-0.25, -0.2) is 4.79 Å². The van der Waals surface area contributed by atoms with E-state index < -0.39 is 0 Å². The fourth-order valence-electron chi connectivity index (χ4n) is 3.34. The van der Waals surface area contributed by atoms with Gasteiger partial charge in [0.05, 0.1) is 7.11 Å². The van der Waals surface area contributed by atoms with Gasteiger partial charge in [0.15, 0.2) is 0 Å². The summed E-state index contributed by atoms with van der Waals surface area (Å²) in [5, 5.41) is 5.13. The van der Waals surface area contributed by atoms with Gasteiger partial charge in [-0.15, -0.1) is 11.3 Å². The Balaban J connectivity index is 1.30. The third kappa shape index (κ3) is 2.99. The number of thiophene rings is 1. The predicted molar refractivity (Wildman–Crippen MR) is 95.8 cm³/mol. The summed E-state index contributed by atoms with van der Waals surface area (Å²) >= 11 is 1.86. The molecule has 4 rings (SSSR count). The molecular weight excluding hydrogens is 322 g/mol. The molecule has 2 amide bonds. The average molecular weight is 343 g/mol. The minimum atomic E-state index is -0.0345. The van der Waals surface area contributed by atoms with Gasteiger partial charge in [-0.3, -0.25) is 4.90 Å². The number of carbonyl (C=O) groups excluding carboxylic acids is 1. The van der Waals surface area contributed by atoms with Crippen LogP contribution in [0.3, 0.4) is 0 Å². The third-order valence-electron chi connectivity index (χ3n) is 4.82. The Morgan fingerprint density at radius 3 is 3.04 bits per heavy atom. The van der Waals surface area contributed by atoms with Crippen molar-refractivity contribution in [2.75, 3.05) is 32.1 Å². The van der Waals surface area contributed by atoms with Crippen LogP contribution in [0.1, 0.15) is 10.4 Å². The maximum Gasteiger partial charge on any atom is 0.321 e. The molecule has 1 fully saturated rings. The number of likely N-dealkylation sites (tertiary alicyclic amines) is 1. The van der Waals surface area contributed by atoms with Crippen LogP contribution < -0.4 is 10.1 Å². The number of rotatable bonds is 3. The number of hydrogen-bond donors (Lipinski definition) is 1. The first kappa shape index (κ1) is 15.5. The van der Waals surface area contributed by atoms with Crippen LogP contribution in [-0.4, -0.2) is 48.6 Å². The number of carbonyl (C=O) groups is 1. The molecule has 126 valence electrons. The molecule has 2 aliphatic rings. The molecule has 0 spiro atoms. The van der Waals surface area contributed by atoms with Crippen molar-refractivity contribution in [3.05, 3.63) is 46.2 Å². The summed E-state index contributed by atoms with van der Waals surface area (Å²) in [5.41, 5.74) is 2.23. The van der Waals surface area contributed by atoms with Crippen molar-refractivity contribution < 1.29 is 9.53 Å². The van der Waals surface area contributed by atoms with Crippen LogP contribution in [0, 0.1) is 0 Å². The molecule has 24 heavy (non-hydrogen) atoms. The number of hydrogen-bond acceptors (Lipinski definition) is 4. The normalized spacial score (nSPS) is 18.0. The van der Waals surface area contributed by atoms with Crippen LogP contribution in [0.4, 0.5) is 10.5 Å². The van der Waals surface area contributed by atoms with Crippen molar-refractivity contribution in [2.24, 2.45) is 0 Å². The minimum absolute atomic E-state index is 0.0345. The molecule has 1 N–H and O–H groups in total. The van der Waals surface area contributed by atoms with E-state index in [1.165, 1.54) is 10.4 Å². The fourth-order valence-corrected chi connectivity index (χ4v) is 4.23. The van der Waals surface area contributed by atoms with E-state index in [1.54, 1.807) is 7.11 Å². The standard InChI is InChI=1S/C18H21N3O2S/c1-23-16-4-2-3-14(9-16)19-18(22)21-11-15(12-21)20-7-5-17-13(10-20)6-8-24-17/h2-4,6,8-9,15H,5,7,10-12H2,1H3,(H,19,22). The van der Waals surface area contributed by atoms with Gasteiger partial charge in [-0.05, 0) is 35.6 Å². The highest BCUT2D eigenvalue weighted by Crippen LogP contribution is 2.28. The fraction of sp³-hybridized carbons (Fsp3) is 0.389. The van der Waals surface area contributed by atoms with Crippen molar-refractivity contribution in [3.63, 3.8) is 0 Å². The second-order valence-corrected chi connectivity index (χ2v) is 7.31. The summed E-state index contributed by atoms with van der Waals surface area (Å²) in [6, 6.07) is 10.1. The molecule has 5 nitrogen and oxygen atoms in total. The number of nitrogens with one attached hydrogen (secondary N) is 1. The van der Waals surface area contributed by atoms with Gasteiger partial charge in [-0.2, -0.15) is 0 Å². The maximum atomic E-state index is 12.3. The van der Waals surface area contributed by atoms with Gasteiger partial charge in [0, 0.05) is 48.9 Å². The van der Waals surface area contributed by atoms with Gasteiger partial charge in [0.25, 0.3) is 0 Å². The van der Waals surface area contributed by atoms with Gasteiger partial charge >= 0.3 is 6.03 Å². The molecule has 0 atom stereocenters.